The normalized spacial score (nSPS) is 23.6. The number of ketones is 2. The molecule has 7 rings (SSSR count). The number of Topliss-reactive ketones (excluding diaryl/α,β-unsaturated/α-hetero) is 1. The highest BCUT2D eigenvalue weighted by molar-refractivity contribution is 8.12. The van der Waals surface area contributed by atoms with E-state index in [4.69, 9.17) is 18.9 Å². The predicted octanol–water partition coefficient (Wildman–Crippen LogP) is 7.32. The Hall–Kier alpha value is -3.01. The Kier molecular flexibility index (Phi) is 7.34. The van der Waals surface area contributed by atoms with Crippen LogP contribution in [0.5, 0.6) is 0 Å². The van der Waals surface area contributed by atoms with E-state index in [1.54, 1.807) is 12.1 Å². The van der Waals surface area contributed by atoms with Crippen molar-refractivity contribution >= 4 is 39.6 Å². The standard InChI is InChI=1S/C31H22F6O6S2/c32-30(33,34)18-5-1-16(2-6-18)24(38)22-10-9-20-26(44-22)27-21(29(42-13-14-43-29)28(20)40-11-12-41-28)15-23(45-27)25(39)17-3-7-19(8-4-17)31(35,36)37/h1,3-8,10,15-16H,2,9,11-14H2. The van der Waals surface area contributed by atoms with E-state index >= 15 is 0 Å². The maximum Gasteiger partial charge on any atom is 0.416 e. The van der Waals surface area contributed by atoms with Gasteiger partial charge in [0.1, 0.15) is 0 Å². The summed E-state index contributed by atoms with van der Waals surface area (Å²) < 4.78 is 104. The van der Waals surface area contributed by atoms with E-state index in [0.717, 1.165) is 59.5 Å². The first kappa shape index (κ1) is 30.6. The second-order valence-electron chi connectivity index (χ2n) is 10.8. The van der Waals surface area contributed by atoms with Gasteiger partial charge in [0.05, 0.1) is 52.2 Å². The first-order valence-corrected chi connectivity index (χ1v) is 15.5. The summed E-state index contributed by atoms with van der Waals surface area (Å²) >= 11 is 2.19. The van der Waals surface area contributed by atoms with Gasteiger partial charge in [0.2, 0.25) is 5.78 Å². The maximum absolute atomic E-state index is 13.6. The average Bonchev–Trinajstić information content (AvgIpc) is 3.80. The fraction of sp³-hybridized carbons (Fsp3) is 0.355. The molecule has 5 aliphatic rings. The van der Waals surface area contributed by atoms with Crippen molar-refractivity contribution in [1.29, 1.82) is 0 Å². The van der Waals surface area contributed by atoms with Crippen LogP contribution in [0.2, 0.25) is 0 Å². The third-order valence-electron chi connectivity index (χ3n) is 8.19. The number of allylic oxidation sites excluding steroid dienone is 6. The summed E-state index contributed by atoms with van der Waals surface area (Å²) in [5.41, 5.74) is -0.600. The number of thioether (sulfide) groups is 1. The molecule has 6 nitrogen and oxygen atoms in total. The van der Waals surface area contributed by atoms with E-state index in [0.29, 0.717) is 25.8 Å². The predicted molar refractivity (Wildman–Crippen MR) is 151 cm³/mol. The zero-order valence-electron chi connectivity index (χ0n) is 23.0. The van der Waals surface area contributed by atoms with Crippen LogP contribution in [0, 0.1) is 5.92 Å². The molecule has 1 atom stereocenters. The Morgan fingerprint density at radius 2 is 1.49 bits per heavy atom. The molecule has 2 aliphatic carbocycles. The first-order chi connectivity index (χ1) is 21.3. The SMILES string of the molecule is O=C(c1ccc(C(F)(F)F)cc1)c1cc2c(s1)C1=C(CC=C(C(=O)C3C=CC(C(F)(F)F)=CC3)S1)C1(OCCO1)C21OCCO1. The molecule has 1 aromatic heterocycles. The minimum absolute atomic E-state index is 0.0450. The third-order valence-corrected chi connectivity index (χ3v) is 10.7. The molecule has 1 unspecified atom stereocenters. The number of carbonyl (C=O) groups is 2. The van der Waals surface area contributed by atoms with Crippen molar-refractivity contribution in [2.24, 2.45) is 5.92 Å². The molecule has 0 bridgehead atoms. The van der Waals surface area contributed by atoms with Crippen LogP contribution in [0.4, 0.5) is 26.3 Å². The van der Waals surface area contributed by atoms with Crippen LogP contribution in [-0.2, 0) is 35.7 Å². The van der Waals surface area contributed by atoms with Gasteiger partial charge < -0.3 is 18.9 Å². The van der Waals surface area contributed by atoms with Crippen LogP contribution in [0.25, 0.3) is 4.91 Å². The quantitative estimate of drug-likeness (QED) is 0.250. The van der Waals surface area contributed by atoms with Crippen LogP contribution in [-0.4, -0.2) is 50.0 Å². The van der Waals surface area contributed by atoms with E-state index in [1.807, 2.05) is 0 Å². The van der Waals surface area contributed by atoms with Crippen LogP contribution in [0.1, 0.15) is 44.1 Å². The van der Waals surface area contributed by atoms with E-state index in [9.17, 15) is 35.9 Å². The molecule has 4 heterocycles. The summed E-state index contributed by atoms with van der Waals surface area (Å²) in [5, 5.41) is 0. The highest BCUT2D eigenvalue weighted by Crippen LogP contribution is 2.63. The zero-order chi connectivity index (χ0) is 31.8. The molecule has 2 fully saturated rings. The Morgan fingerprint density at radius 1 is 0.844 bits per heavy atom. The van der Waals surface area contributed by atoms with E-state index in [1.165, 1.54) is 6.08 Å². The molecule has 0 saturated carbocycles. The van der Waals surface area contributed by atoms with E-state index in [-0.39, 0.29) is 55.5 Å². The van der Waals surface area contributed by atoms with Gasteiger partial charge >= 0.3 is 12.4 Å². The van der Waals surface area contributed by atoms with Crippen molar-refractivity contribution in [1.82, 2.24) is 0 Å². The molecular formula is C31H22F6O6S2. The van der Waals surface area contributed by atoms with Crippen molar-refractivity contribution in [3.8, 4) is 0 Å². The molecule has 3 aliphatic heterocycles. The van der Waals surface area contributed by atoms with Crippen molar-refractivity contribution < 1.29 is 54.9 Å². The summed E-state index contributed by atoms with van der Waals surface area (Å²) in [6.07, 6.45) is -4.13. The van der Waals surface area contributed by atoms with Gasteiger partial charge in [-0.15, -0.1) is 11.3 Å². The lowest BCUT2D eigenvalue weighted by Crippen LogP contribution is -2.57. The maximum atomic E-state index is 13.6. The highest BCUT2D eigenvalue weighted by Gasteiger charge is 2.68. The molecule has 2 saturated heterocycles. The monoisotopic (exact) mass is 668 g/mol. The number of hydrogen-bond acceptors (Lipinski definition) is 8. The number of rotatable bonds is 4. The van der Waals surface area contributed by atoms with Gasteiger partial charge in [-0.3, -0.25) is 9.59 Å². The number of alkyl halides is 6. The summed E-state index contributed by atoms with van der Waals surface area (Å²) in [6, 6.07) is 5.47. The lowest BCUT2D eigenvalue weighted by molar-refractivity contribution is -0.339. The van der Waals surface area contributed by atoms with Crippen molar-refractivity contribution in [2.45, 2.75) is 36.8 Å². The van der Waals surface area contributed by atoms with Gasteiger partial charge in [-0.2, -0.15) is 26.3 Å². The number of halogens is 6. The fourth-order valence-corrected chi connectivity index (χ4v) is 8.66. The smallest absolute Gasteiger partial charge is 0.339 e. The molecule has 2 aromatic rings. The van der Waals surface area contributed by atoms with Gasteiger partial charge in [0.25, 0.3) is 11.6 Å². The third kappa shape index (κ3) is 4.88. The van der Waals surface area contributed by atoms with Crippen LogP contribution >= 0.6 is 23.1 Å². The minimum Gasteiger partial charge on any atom is -0.339 e. The molecular weight excluding hydrogens is 646 g/mol. The summed E-state index contributed by atoms with van der Waals surface area (Å²) in [4.78, 5) is 28.8. The molecule has 0 radical (unpaired) electrons. The number of ether oxygens (including phenoxy) is 4. The average molecular weight is 669 g/mol. The Morgan fingerprint density at radius 3 is 2.07 bits per heavy atom. The molecule has 2 spiro atoms. The highest BCUT2D eigenvalue weighted by atomic mass is 32.2. The Labute approximate surface area is 260 Å². The number of benzene rings is 1. The number of carbonyl (C=O) groups excluding carboxylic acids is 2. The summed E-state index contributed by atoms with van der Waals surface area (Å²) in [5.74, 6) is -4.77. The molecule has 1 aromatic carbocycles. The van der Waals surface area contributed by atoms with Crippen molar-refractivity contribution in [2.75, 3.05) is 26.4 Å². The molecule has 14 heteroatoms. The second kappa shape index (κ2) is 10.8. The molecule has 0 amide bonds. The van der Waals surface area contributed by atoms with Crippen molar-refractivity contribution in [3.05, 3.63) is 97.1 Å². The van der Waals surface area contributed by atoms with E-state index < -0.39 is 46.8 Å². The lowest BCUT2D eigenvalue weighted by atomic mass is 9.82. The van der Waals surface area contributed by atoms with E-state index in [2.05, 4.69) is 0 Å². The van der Waals surface area contributed by atoms with Gasteiger partial charge in [-0.05, 0) is 31.0 Å². The van der Waals surface area contributed by atoms with Crippen LogP contribution in [0.15, 0.2) is 70.7 Å². The zero-order valence-corrected chi connectivity index (χ0v) is 24.7. The number of thiophene rings is 1. The number of hydrogen-bond donors (Lipinski definition) is 0. The van der Waals surface area contributed by atoms with Gasteiger partial charge in [0, 0.05) is 27.5 Å². The van der Waals surface area contributed by atoms with Gasteiger partial charge in [-0.25, -0.2) is 0 Å². The second-order valence-corrected chi connectivity index (χ2v) is 12.9. The molecule has 236 valence electrons. The Bertz CT molecular complexity index is 1700. The van der Waals surface area contributed by atoms with Crippen molar-refractivity contribution in [3.63, 3.8) is 0 Å². The Balaban J connectivity index is 1.26. The number of fused-ring (bicyclic) bond motifs is 5. The largest absolute Gasteiger partial charge is 0.416 e. The molecule has 0 N–H and O–H groups in total. The summed E-state index contributed by atoms with van der Waals surface area (Å²) in [7, 11) is 0. The van der Waals surface area contributed by atoms with Gasteiger partial charge in [0.15, 0.2) is 5.78 Å². The van der Waals surface area contributed by atoms with Crippen LogP contribution < -0.4 is 0 Å². The molecule has 45 heavy (non-hydrogen) atoms. The first-order valence-electron chi connectivity index (χ1n) is 13.9. The summed E-state index contributed by atoms with van der Waals surface area (Å²) in [6.45, 7) is 0.817. The topological polar surface area (TPSA) is 71.1 Å². The minimum atomic E-state index is -4.56. The lowest BCUT2D eigenvalue weighted by Gasteiger charge is -2.47. The van der Waals surface area contributed by atoms with Gasteiger partial charge in [-0.1, -0.05) is 48.2 Å². The van der Waals surface area contributed by atoms with Crippen LogP contribution in [0.3, 0.4) is 0 Å². The fourth-order valence-electron chi connectivity index (χ4n) is 6.11.